The van der Waals surface area contributed by atoms with Crippen LogP contribution in [0.4, 0.5) is 0 Å². The van der Waals surface area contributed by atoms with Gasteiger partial charge in [-0.15, -0.1) is 11.3 Å². The summed E-state index contributed by atoms with van der Waals surface area (Å²) in [5.41, 5.74) is 1.50. The minimum Gasteiger partial charge on any atom is -0.392 e. The Kier molecular flexibility index (Phi) is 3.34. The first-order chi connectivity index (χ1) is 8.48. The van der Waals surface area contributed by atoms with Crippen LogP contribution in [0.15, 0.2) is 9.85 Å². The van der Waals surface area contributed by atoms with E-state index in [0.717, 1.165) is 6.42 Å². The van der Waals surface area contributed by atoms with Crippen LogP contribution in [0.5, 0.6) is 0 Å². The van der Waals surface area contributed by atoms with Crippen LogP contribution in [0.1, 0.15) is 49.6 Å². The average Bonchev–Trinajstić information content (AvgIpc) is 2.70. The van der Waals surface area contributed by atoms with Gasteiger partial charge in [-0.2, -0.15) is 0 Å². The molecule has 0 bridgehead atoms. The molecule has 1 saturated carbocycles. The van der Waals surface area contributed by atoms with Crippen LogP contribution in [0.2, 0.25) is 0 Å². The fourth-order valence-corrected chi connectivity index (χ4v) is 4.94. The molecule has 2 aliphatic carbocycles. The lowest BCUT2D eigenvalue weighted by molar-refractivity contribution is -0.0765. The Balaban J connectivity index is 1.75. The number of hydrogen-bond donors (Lipinski definition) is 2. The zero-order chi connectivity index (χ0) is 12.9. The SMILES string of the molecule is CC1(C)C(O)CC1NC1CCCc2sc(Br)cc21. The van der Waals surface area contributed by atoms with Crippen molar-refractivity contribution >= 4 is 27.3 Å². The third-order valence-electron chi connectivity index (χ3n) is 4.70. The summed E-state index contributed by atoms with van der Waals surface area (Å²) in [4.78, 5) is 1.53. The predicted octanol–water partition coefficient (Wildman–Crippen LogP) is 3.64. The van der Waals surface area contributed by atoms with Crippen LogP contribution < -0.4 is 5.32 Å². The Morgan fingerprint density at radius 2 is 2.28 bits per heavy atom. The third kappa shape index (κ3) is 2.07. The Hall–Kier alpha value is 0.100. The predicted molar refractivity (Wildman–Crippen MR) is 79.0 cm³/mol. The number of fused-ring (bicyclic) bond motifs is 1. The number of halogens is 1. The maximum atomic E-state index is 9.83. The number of nitrogens with one attached hydrogen (secondary N) is 1. The monoisotopic (exact) mass is 329 g/mol. The molecule has 0 aromatic carbocycles. The first-order valence-electron chi connectivity index (χ1n) is 6.70. The van der Waals surface area contributed by atoms with E-state index in [1.807, 2.05) is 11.3 Å². The van der Waals surface area contributed by atoms with Gasteiger partial charge in [0.2, 0.25) is 0 Å². The maximum Gasteiger partial charge on any atom is 0.0704 e. The fraction of sp³-hybridized carbons (Fsp3) is 0.714. The molecule has 3 unspecified atom stereocenters. The van der Waals surface area contributed by atoms with E-state index < -0.39 is 0 Å². The van der Waals surface area contributed by atoms with Gasteiger partial charge in [0.25, 0.3) is 0 Å². The molecule has 0 spiro atoms. The summed E-state index contributed by atoms with van der Waals surface area (Å²) in [6, 6.07) is 3.20. The Labute approximate surface area is 121 Å². The summed E-state index contributed by atoms with van der Waals surface area (Å²) >= 11 is 5.47. The van der Waals surface area contributed by atoms with E-state index >= 15 is 0 Å². The number of thiophene rings is 1. The molecule has 2 aliphatic rings. The maximum absolute atomic E-state index is 9.83. The summed E-state index contributed by atoms with van der Waals surface area (Å²) in [7, 11) is 0. The van der Waals surface area contributed by atoms with Crippen molar-refractivity contribution < 1.29 is 5.11 Å². The van der Waals surface area contributed by atoms with E-state index in [9.17, 15) is 5.11 Å². The number of rotatable bonds is 2. The van der Waals surface area contributed by atoms with E-state index in [-0.39, 0.29) is 11.5 Å². The van der Waals surface area contributed by atoms with E-state index in [0.29, 0.717) is 12.1 Å². The van der Waals surface area contributed by atoms with Gasteiger partial charge in [0, 0.05) is 22.4 Å². The van der Waals surface area contributed by atoms with Gasteiger partial charge >= 0.3 is 0 Å². The number of hydrogen-bond acceptors (Lipinski definition) is 3. The van der Waals surface area contributed by atoms with E-state index in [4.69, 9.17) is 0 Å². The normalized spacial score (nSPS) is 33.9. The second-order valence-corrected chi connectivity index (χ2v) is 8.68. The highest BCUT2D eigenvalue weighted by Crippen LogP contribution is 2.44. The highest BCUT2D eigenvalue weighted by Gasteiger charge is 2.48. The van der Waals surface area contributed by atoms with Crippen molar-refractivity contribution in [1.82, 2.24) is 5.32 Å². The van der Waals surface area contributed by atoms with E-state index in [1.165, 1.54) is 33.5 Å². The molecule has 0 radical (unpaired) electrons. The molecule has 2 N–H and O–H groups in total. The molecule has 1 heterocycles. The molecule has 3 atom stereocenters. The van der Waals surface area contributed by atoms with Gasteiger partial charge in [-0.25, -0.2) is 0 Å². The molecule has 100 valence electrons. The van der Waals surface area contributed by atoms with Crippen molar-refractivity contribution in [3.63, 3.8) is 0 Å². The minimum absolute atomic E-state index is 0.0187. The number of aliphatic hydroxyl groups excluding tert-OH is 1. The summed E-state index contributed by atoms with van der Waals surface area (Å²) in [6.45, 7) is 4.32. The molecule has 0 amide bonds. The molecular formula is C14H20BrNOS. The van der Waals surface area contributed by atoms with Crippen molar-refractivity contribution in [3.8, 4) is 0 Å². The van der Waals surface area contributed by atoms with Gasteiger partial charge < -0.3 is 10.4 Å². The van der Waals surface area contributed by atoms with Crippen LogP contribution in [-0.2, 0) is 6.42 Å². The lowest BCUT2D eigenvalue weighted by Gasteiger charge is -2.51. The quantitative estimate of drug-likeness (QED) is 0.868. The summed E-state index contributed by atoms with van der Waals surface area (Å²) in [6.07, 6.45) is 4.46. The number of aryl methyl sites for hydroxylation is 1. The van der Waals surface area contributed by atoms with Gasteiger partial charge in [0.15, 0.2) is 0 Å². The molecule has 0 aliphatic heterocycles. The molecule has 4 heteroatoms. The molecule has 3 rings (SSSR count). The highest BCUT2D eigenvalue weighted by atomic mass is 79.9. The van der Waals surface area contributed by atoms with Crippen LogP contribution in [0, 0.1) is 5.41 Å². The van der Waals surface area contributed by atoms with E-state index in [1.54, 1.807) is 0 Å². The molecule has 1 fully saturated rings. The lowest BCUT2D eigenvalue weighted by atomic mass is 9.64. The second kappa shape index (κ2) is 4.58. The Morgan fingerprint density at radius 3 is 2.94 bits per heavy atom. The Bertz CT molecular complexity index is 457. The van der Waals surface area contributed by atoms with Gasteiger partial charge in [-0.3, -0.25) is 0 Å². The van der Waals surface area contributed by atoms with Crippen LogP contribution in [0.25, 0.3) is 0 Å². The van der Waals surface area contributed by atoms with Crippen molar-refractivity contribution in [2.45, 2.75) is 57.7 Å². The molecule has 18 heavy (non-hydrogen) atoms. The van der Waals surface area contributed by atoms with Crippen LogP contribution in [-0.4, -0.2) is 17.3 Å². The molecule has 2 nitrogen and oxygen atoms in total. The number of aliphatic hydroxyl groups is 1. The van der Waals surface area contributed by atoms with Crippen molar-refractivity contribution in [1.29, 1.82) is 0 Å². The summed E-state index contributed by atoms with van der Waals surface area (Å²) < 4.78 is 1.24. The highest BCUT2D eigenvalue weighted by molar-refractivity contribution is 9.11. The standard InChI is InChI=1S/C14H20BrNOS/c1-14(2)11(7-12(14)17)16-9-4-3-5-10-8(9)6-13(15)18-10/h6,9,11-12,16-17H,3-5,7H2,1-2H3. The van der Waals surface area contributed by atoms with Crippen LogP contribution >= 0.6 is 27.3 Å². The first kappa shape index (κ1) is 13.1. The van der Waals surface area contributed by atoms with Crippen molar-refractivity contribution in [2.24, 2.45) is 5.41 Å². The molecule has 0 saturated heterocycles. The summed E-state index contributed by atoms with van der Waals surface area (Å²) in [5, 5.41) is 13.6. The lowest BCUT2D eigenvalue weighted by Crippen LogP contribution is -2.60. The smallest absolute Gasteiger partial charge is 0.0704 e. The van der Waals surface area contributed by atoms with E-state index in [2.05, 4.69) is 41.2 Å². The van der Waals surface area contributed by atoms with Gasteiger partial charge in [0.1, 0.15) is 0 Å². The second-order valence-electron chi connectivity index (χ2n) is 6.17. The average molecular weight is 330 g/mol. The zero-order valence-electron chi connectivity index (χ0n) is 10.9. The van der Waals surface area contributed by atoms with Gasteiger partial charge in [-0.05, 0) is 53.2 Å². The minimum atomic E-state index is -0.146. The molecule has 1 aromatic rings. The Morgan fingerprint density at radius 1 is 1.50 bits per heavy atom. The molecular weight excluding hydrogens is 310 g/mol. The van der Waals surface area contributed by atoms with Crippen molar-refractivity contribution in [3.05, 3.63) is 20.3 Å². The topological polar surface area (TPSA) is 32.3 Å². The van der Waals surface area contributed by atoms with Gasteiger partial charge in [0.05, 0.1) is 9.89 Å². The van der Waals surface area contributed by atoms with Gasteiger partial charge in [-0.1, -0.05) is 13.8 Å². The summed E-state index contributed by atoms with van der Waals surface area (Å²) in [5.74, 6) is 0. The molecule has 1 aromatic heterocycles. The largest absolute Gasteiger partial charge is 0.392 e. The van der Waals surface area contributed by atoms with Crippen molar-refractivity contribution in [2.75, 3.05) is 0 Å². The zero-order valence-corrected chi connectivity index (χ0v) is 13.3. The third-order valence-corrected chi connectivity index (χ3v) is 6.42. The first-order valence-corrected chi connectivity index (χ1v) is 8.31. The fourth-order valence-electron chi connectivity index (χ4n) is 3.12. The van der Waals surface area contributed by atoms with Crippen LogP contribution in [0.3, 0.4) is 0 Å².